The van der Waals surface area contributed by atoms with Crippen LogP contribution in [0.15, 0.2) is 54.1 Å². The summed E-state index contributed by atoms with van der Waals surface area (Å²) in [6.45, 7) is 4.54. The Morgan fingerprint density at radius 3 is 2.26 bits per heavy atom. The molecule has 0 atom stereocenters. The molecule has 0 unspecified atom stereocenters. The van der Waals surface area contributed by atoms with Gasteiger partial charge in [0.2, 0.25) is 0 Å². The average Bonchev–Trinajstić information content (AvgIpc) is 2.73. The van der Waals surface area contributed by atoms with E-state index in [1.165, 1.54) is 11.6 Å². The van der Waals surface area contributed by atoms with Crippen LogP contribution in [0.3, 0.4) is 0 Å². The molecule has 1 heterocycles. The van der Waals surface area contributed by atoms with E-state index in [1.807, 2.05) is 30.3 Å². The smallest absolute Gasteiger partial charge is 0.130 e. The summed E-state index contributed by atoms with van der Waals surface area (Å²) < 4.78 is 0. The lowest BCUT2D eigenvalue weighted by Crippen LogP contribution is -2.46. The molecule has 0 bridgehead atoms. The number of nitrogens with zero attached hydrogens (tertiary/aromatic N) is 5. The summed E-state index contributed by atoms with van der Waals surface area (Å²) in [5, 5.41) is 27.3. The van der Waals surface area contributed by atoms with Gasteiger partial charge in [0.05, 0.1) is 11.3 Å². The Labute approximate surface area is 159 Å². The Kier molecular flexibility index (Phi) is 5.85. The van der Waals surface area contributed by atoms with E-state index >= 15 is 0 Å². The largest absolute Gasteiger partial charge is 0.368 e. The molecular formula is C22H19N5. The lowest BCUT2D eigenvalue weighted by atomic mass is 10.1. The van der Waals surface area contributed by atoms with Gasteiger partial charge >= 0.3 is 0 Å². The summed E-state index contributed by atoms with van der Waals surface area (Å²) in [5.74, 6) is 0. The van der Waals surface area contributed by atoms with E-state index in [1.54, 1.807) is 6.07 Å². The molecule has 5 nitrogen and oxygen atoms in total. The SMILES string of the molecule is N#CC(C#N)=Cc1ccc(N2CCN(Cc3ccccc3)CC2)c(C#N)c1. The van der Waals surface area contributed by atoms with Crippen molar-refractivity contribution in [1.29, 1.82) is 15.8 Å². The predicted molar refractivity (Wildman–Crippen MR) is 104 cm³/mol. The highest BCUT2D eigenvalue weighted by atomic mass is 15.3. The minimum atomic E-state index is 0.0289. The molecule has 1 aliphatic rings. The third-order valence-corrected chi connectivity index (χ3v) is 4.65. The van der Waals surface area contributed by atoms with Crippen molar-refractivity contribution < 1.29 is 0 Å². The van der Waals surface area contributed by atoms with E-state index < -0.39 is 0 Å². The minimum absolute atomic E-state index is 0.0289. The molecule has 1 fully saturated rings. The maximum absolute atomic E-state index is 9.53. The van der Waals surface area contributed by atoms with Gasteiger partial charge in [-0.15, -0.1) is 0 Å². The van der Waals surface area contributed by atoms with E-state index in [9.17, 15) is 5.26 Å². The number of hydrogen-bond donors (Lipinski definition) is 0. The first-order chi connectivity index (χ1) is 13.2. The Morgan fingerprint density at radius 2 is 1.63 bits per heavy atom. The summed E-state index contributed by atoms with van der Waals surface area (Å²) in [6.07, 6.45) is 1.50. The molecule has 0 N–H and O–H groups in total. The van der Waals surface area contributed by atoms with Gasteiger partial charge in [0.25, 0.3) is 0 Å². The Bertz CT molecular complexity index is 933. The molecule has 27 heavy (non-hydrogen) atoms. The third kappa shape index (κ3) is 4.53. The molecule has 132 valence electrons. The van der Waals surface area contributed by atoms with E-state index in [-0.39, 0.29) is 5.57 Å². The fourth-order valence-electron chi connectivity index (χ4n) is 3.25. The number of rotatable bonds is 4. The van der Waals surface area contributed by atoms with Crippen LogP contribution in [0.5, 0.6) is 0 Å². The Hall–Kier alpha value is -3.59. The van der Waals surface area contributed by atoms with Gasteiger partial charge in [-0.1, -0.05) is 36.4 Å². The van der Waals surface area contributed by atoms with Crippen LogP contribution in [0.25, 0.3) is 6.08 Å². The van der Waals surface area contributed by atoms with Crippen molar-refractivity contribution >= 4 is 11.8 Å². The molecule has 3 rings (SSSR count). The van der Waals surface area contributed by atoms with Crippen LogP contribution in [0.2, 0.25) is 0 Å². The van der Waals surface area contributed by atoms with E-state index in [0.717, 1.165) is 38.4 Å². The van der Waals surface area contributed by atoms with Gasteiger partial charge < -0.3 is 4.90 Å². The van der Waals surface area contributed by atoms with Crippen LogP contribution in [0.4, 0.5) is 5.69 Å². The first kappa shape index (κ1) is 18.2. The number of nitriles is 3. The van der Waals surface area contributed by atoms with Gasteiger partial charge in [-0.05, 0) is 29.3 Å². The fourth-order valence-corrected chi connectivity index (χ4v) is 3.25. The molecule has 0 spiro atoms. The summed E-state index contributed by atoms with van der Waals surface area (Å²) in [6, 6.07) is 21.9. The van der Waals surface area contributed by atoms with Crippen molar-refractivity contribution in [3.8, 4) is 18.2 Å². The molecule has 0 radical (unpaired) electrons. The van der Waals surface area contributed by atoms with Crippen molar-refractivity contribution in [1.82, 2.24) is 4.90 Å². The molecule has 2 aromatic carbocycles. The first-order valence-corrected chi connectivity index (χ1v) is 8.81. The molecule has 0 aliphatic carbocycles. The fraction of sp³-hybridized carbons (Fsp3) is 0.227. The van der Waals surface area contributed by atoms with Crippen LogP contribution in [0.1, 0.15) is 16.7 Å². The molecule has 1 saturated heterocycles. The highest BCUT2D eigenvalue weighted by Crippen LogP contribution is 2.24. The van der Waals surface area contributed by atoms with Gasteiger partial charge in [-0.25, -0.2) is 0 Å². The number of allylic oxidation sites excluding steroid dienone is 1. The lowest BCUT2D eigenvalue weighted by molar-refractivity contribution is 0.250. The van der Waals surface area contributed by atoms with Crippen molar-refractivity contribution in [2.24, 2.45) is 0 Å². The molecule has 0 amide bonds. The standard InChI is InChI=1S/C22H19N5/c23-14-20(15-24)12-19-6-7-22(21(13-19)16-25)27-10-8-26(9-11-27)17-18-4-2-1-3-5-18/h1-7,12-13H,8-11,17H2. The second-order valence-electron chi connectivity index (χ2n) is 6.42. The van der Waals surface area contributed by atoms with Gasteiger partial charge in [0, 0.05) is 32.7 Å². The molecule has 0 aromatic heterocycles. The van der Waals surface area contributed by atoms with E-state index in [0.29, 0.717) is 11.1 Å². The van der Waals surface area contributed by atoms with Crippen LogP contribution in [-0.4, -0.2) is 31.1 Å². The monoisotopic (exact) mass is 353 g/mol. The highest BCUT2D eigenvalue weighted by molar-refractivity contribution is 5.68. The summed E-state index contributed by atoms with van der Waals surface area (Å²) in [7, 11) is 0. The van der Waals surface area contributed by atoms with Gasteiger partial charge in [-0.2, -0.15) is 15.8 Å². The number of piperazine rings is 1. The third-order valence-electron chi connectivity index (χ3n) is 4.65. The van der Waals surface area contributed by atoms with E-state index in [4.69, 9.17) is 10.5 Å². The maximum atomic E-state index is 9.53. The lowest BCUT2D eigenvalue weighted by Gasteiger charge is -2.36. The average molecular weight is 353 g/mol. The maximum Gasteiger partial charge on any atom is 0.130 e. The normalized spacial score (nSPS) is 13.9. The number of anilines is 1. The van der Waals surface area contributed by atoms with Crippen molar-refractivity contribution in [2.75, 3.05) is 31.1 Å². The predicted octanol–water partition coefficient (Wildman–Crippen LogP) is 3.31. The summed E-state index contributed by atoms with van der Waals surface area (Å²) in [5.41, 5.74) is 3.50. The summed E-state index contributed by atoms with van der Waals surface area (Å²) in [4.78, 5) is 4.64. The molecule has 0 saturated carbocycles. The van der Waals surface area contributed by atoms with Crippen LogP contribution in [-0.2, 0) is 6.54 Å². The zero-order chi connectivity index (χ0) is 19.1. The zero-order valence-electron chi connectivity index (χ0n) is 15.0. The van der Waals surface area contributed by atoms with Crippen molar-refractivity contribution in [3.63, 3.8) is 0 Å². The van der Waals surface area contributed by atoms with Gasteiger partial charge in [0.15, 0.2) is 0 Å². The minimum Gasteiger partial charge on any atom is -0.368 e. The summed E-state index contributed by atoms with van der Waals surface area (Å²) >= 11 is 0. The molecule has 2 aromatic rings. The molecule has 5 heteroatoms. The van der Waals surface area contributed by atoms with Crippen molar-refractivity contribution in [2.45, 2.75) is 6.54 Å². The van der Waals surface area contributed by atoms with Gasteiger partial charge in [-0.3, -0.25) is 4.90 Å². The Morgan fingerprint density at radius 1 is 0.926 bits per heavy atom. The van der Waals surface area contributed by atoms with Crippen molar-refractivity contribution in [3.05, 3.63) is 70.8 Å². The topological polar surface area (TPSA) is 77.8 Å². The number of hydrogen-bond acceptors (Lipinski definition) is 5. The second kappa shape index (κ2) is 8.68. The molecular weight excluding hydrogens is 334 g/mol. The zero-order valence-corrected chi connectivity index (χ0v) is 15.0. The molecule has 1 aliphatic heterocycles. The van der Waals surface area contributed by atoms with Crippen LogP contribution < -0.4 is 4.90 Å². The number of benzene rings is 2. The second-order valence-corrected chi connectivity index (χ2v) is 6.42. The van der Waals surface area contributed by atoms with Crippen LogP contribution in [0, 0.1) is 34.0 Å². The quantitative estimate of drug-likeness (QED) is 0.788. The Balaban J connectivity index is 1.69. The van der Waals surface area contributed by atoms with Gasteiger partial charge in [0.1, 0.15) is 23.8 Å². The van der Waals surface area contributed by atoms with Crippen LogP contribution >= 0.6 is 0 Å². The first-order valence-electron chi connectivity index (χ1n) is 8.81. The highest BCUT2D eigenvalue weighted by Gasteiger charge is 2.19. The van der Waals surface area contributed by atoms with E-state index in [2.05, 4.69) is 40.1 Å².